The fourth-order valence-electron chi connectivity index (χ4n) is 2.41. The molecule has 0 unspecified atom stereocenters. The lowest BCUT2D eigenvalue weighted by Crippen LogP contribution is -2.58. The van der Waals surface area contributed by atoms with Gasteiger partial charge >= 0.3 is 0 Å². The average Bonchev–Trinajstić information content (AvgIpc) is 2.38. The Hall–Kier alpha value is -0.770. The first-order chi connectivity index (χ1) is 9.08. The molecule has 1 aromatic rings. The van der Waals surface area contributed by atoms with Crippen molar-refractivity contribution in [3.63, 3.8) is 0 Å². The van der Waals surface area contributed by atoms with Gasteiger partial charge in [0.2, 0.25) is 0 Å². The molecular weight excluding hydrogens is 260 g/mol. The number of rotatable bonds is 5. The Kier molecular flexibility index (Phi) is 5.08. The Morgan fingerprint density at radius 2 is 2.05 bits per heavy atom. The summed E-state index contributed by atoms with van der Waals surface area (Å²) in [7, 11) is 0. The highest BCUT2D eigenvalue weighted by molar-refractivity contribution is 6.30. The maximum absolute atomic E-state index is 5.84. The van der Waals surface area contributed by atoms with E-state index in [0.717, 1.165) is 50.0 Å². The molecule has 0 aliphatic carbocycles. The minimum Gasteiger partial charge on any atom is -0.494 e. The molecule has 0 spiro atoms. The van der Waals surface area contributed by atoms with Gasteiger partial charge in [-0.3, -0.25) is 4.90 Å². The normalized spacial score (nSPS) is 19.3. The second kappa shape index (κ2) is 6.60. The van der Waals surface area contributed by atoms with Crippen molar-refractivity contribution in [1.82, 2.24) is 10.2 Å². The largest absolute Gasteiger partial charge is 0.494 e. The molecule has 1 aliphatic rings. The zero-order valence-electron chi connectivity index (χ0n) is 11.8. The van der Waals surface area contributed by atoms with E-state index in [1.807, 2.05) is 24.3 Å². The summed E-state index contributed by atoms with van der Waals surface area (Å²) in [5.41, 5.74) is 0.249. The first kappa shape index (κ1) is 14.6. The van der Waals surface area contributed by atoms with Crippen molar-refractivity contribution in [3.05, 3.63) is 29.3 Å². The number of benzene rings is 1. The molecule has 1 saturated heterocycles. The minimum atomic E-state index is 0.249. The number of hydrogen-bond acceptors (Lipinski definition) is 3. The third-order valence-corrected chi connectivity index (χ3v) is 3.88. The lowest BCUT2D eigenvalue weighted by atomic mass is 10.00. The Morgan fingerprint density at radius 3 is 2.74 bits per heavy atom. The summed E-state index contributed by atoms with van der Waals surface area (Å²) in [6.07, 6.45) is 1.05. The van der Waals surface area contributed by atoms with Crippen molar-refractivity contribution in [3.8, 4) is 5.75 Å². The second-order valence-corrected chi connectivity index (χ2v) is 6.07. The summed E-state index contributed by atoms with van der Waals surface area (Å²) >= 11 is 5.84. The Bertz CT molecular complexity index is 392. The molecule has 4 heteroatoms. The molecule has 0 bridgehead atoms. The highest BCUT2D eigenvalue weighted by Gasteiger charge is 2.28. The Morgan fingerprint density at radius 1 is 1.32 bits per heavy atom. The van der Waals surface area contributed by atoms with Crippen LogP contribution in [-0.2, 0) is 0 Å². The van der Waals surface area contributed by atoms with Crippen molar-refractivity contribution in [1.29, 1.82) is 0 Å². The fourth-order valence-corrected chi connectivity index (χ4v) is 2.54. The van der Waals surface area contributed by atoms with Gasteiger partial charge in [0.25, 0.3) is 0 Å². The highest BCUT2D eigenvalue weighted by Crippen LogP contribution is 2.17. The summed E-state index contributed by atoms with van der Waals surface area (Å²) in [5, 5.41) is 4.19. The third kappa shape index (κ3) is 4.37. The molecule has 106 valence electrons. The summed E-state index contributed by atoms with van der Waals surface area (Å²) in [4.78, 5) is 2.54. The van der Waals surface area contributed by atoms with Crippen LogP contribution in [-0.4, -0.2) is 43.2 Å². The highest BCUT2D eigenvalue weighted by atomic mass is 35.5. The average molecular weight is 283 g/mol. The van der Waals surface area contributed by atoms with Crippen molar-refractivity contribution < 1.29 is 4.74 Å². The van der Waals surface area contributed by atoms with E-state index in [2.05, 4.69) is 24.1 Å². The standard InChI is InChI=1S/C15H23ClN2O/c1-15(2)12-17-8-10-18(15)9-3-11-19-14-6-4-13(16)5-7-14/h4-7,17H,3,8-12H2,1-2H3. The predicted molar refractivity (Wildman–Crippen MR) is 80.1 cm³/mol. The van der Waals surface area contributed by atoms with Gasteiger partial charge in [0.05, 0.1) is 6.61 Å². The van der Waals surface area contributed by atoms with Gasteiger partial charge < -0.3 is 10.1 Å². The van der Waals surface area contributed by atoms with E-state index in [1.165, 1.54) is 0 Å². The maximum atomic E-state index is 5.84. The zero-order chi connectivity index (χ0) is 13.7. The van der Waals surface area contributed by atoms with Gasteiger partial charge in [-0.25, -0.2) is 0 Å². The Balaban J connectivity index is 1.70. The van der Waals surface area contributed by atoms with Crippen molar-refractivity contribution in [2.45, 2.75) is 25.8 Å². The molecule has 0 atom stereocenters. The molecule has 2 rings (SSSR count). The lowest BCUT2D eigenvalue weighted by Gasteiger charge is -2.42. The van der Waals surface area contributed by atoms with Gasteiger partial charge in [-0.05, 0) is 44.5 Å². The van der Waals surface area contributed by atoms with Gasteiger partial charge in [-0.1, -0.05) is 11.6 Å². The molecule has 1 N–H and O–H groups in total. The first-order valence-electron chi connectivity index (χ1n) is 6.92. The molecule has 3 nitrogen and oxygen atoms in total. The molecule has 0 radical (unpaired) electrons. The summed E-state index contributed by atoms with van der Waals surface area (Å²) in [5.74, 6) is 0.893. The molecule has 0 aromatic heterocycles. The van der Waals surface area contributed by atoms with Gasteiger partial charge in [0, 0.05) is 36.7 Å². The summed E-state index contributed by atoms with van der Waals surface area (Å²) in [6, 6.07) is 7.54. The molecule has 0 saturated carbocycles. The number of halogens is 1. The minimum absolute atomic E-state index is 0.249. The van der Waals surface area contributed by atoms with E-state index in [1.54, 1.807) is 0 Å². The van der Waals surface area contributed by atoms with Crippen LogP contribution in [0.2, 0.25) is 5.02 Å². The van der Waals surface area contributed by atoms with Crippen LogP contribution in [0.1, 0.15) is 20.3 Å². The first-order valence-corrected chi connectivity index (χ1v) is 7.30. The zero-order valence-corrected chi connectivity index (χ0v) is 12.5. The third-order valence-electron chi connectivity index (χ3n) is 3.63. The molecule has 1 aromatic carbocycles. The molecule has 0 amide bonds. The number of hydrogen-bond donors (Lipinski definition) is 1. The van der Waals surface area contributed by atoms with Crippen LogP contribution >= 0.6 is 11.6 Å². The van der Waals surface area contributed by atoms with E-state index in [4.69, 9.17) is 16.3 Å². The topological polar surface area (TPSA) is 24.5 Å². The van der Waals surface area contributed by atoms with Gasteiger partial charge in [0.1, 0.15) is 5.75 Å². The van der Waals surface area contributed by atoms with Gasteiger partial charge in [-0.2, -0.15) is 0 Å². The molecule has 19 heavy (non-hydrogen) atoms. The van der Waals surface area contributed by atoms with Gasteiger partial charge in [0.15, 0.2) is 0 Å². The van der Waals surface area contributed by atoms with Crippen LogP contribution in [0, 0.1) is 0 Å². The summed E-state index contributed by atoms with van der Waals surface area (Å²) < 4.78 is 5.72. The van der Waals surface area contributed by atoms with Crippen LogP contribution in [0.4, 0.5) is 0 Å². The Labute approximate surface area is 120 Å². The summed E-state index contributed by atoms with van der Waals surface area (Å²) in [6.45, 7) is 9.68. The van der Waals surface area contributed by atoms with Crippen LogP contribution in [0.3, 0.4) is 0 Å². The van der Waals surface area contributed by atoms with Crippen LogP contribution in [0.5, 0.6) is 5.75 Å². The van der Waals surface area contributed by atoms with Crippen molar-refractivity contribution in [2.24, 2.45) is 0 Å². The number of nitrogens with zero attached hydrogens (tertiary/aromatic N) is 1. The smallest absolute Gasteiger partial charge is 0.119 e. The van der Waals surface area contributed by atoms with Gasteiger partial charge in [-0.15, -0.1) is 0 Å². The van der Waals surface area contributed by atoms with Crippen molar-refractivity contribution in [2.75, 3.05) is 32.8 Å². The molecule has 1 heterocycles. The number of nitrogens with one attached hydrogen (secondary N) is 1. The SMILES string of the molecule is CC1(C)CNCCN1CCCOc1ccc(Cl)cc1. The maximum Gasteiger partial charge on any atom is 0.119 e. The molecule has 1 aliphatic heterocycles. The van der Waals surface area contributed by atoms with E-state index >= 15 is 0 Å². The van der Waals surface area contributed by atoms with E-state index in [9.17, 15) is 0 Å². The predicted octanol–water partition coefficient (Wildman–Crippen LogP) is 2.79. The number of ether oxygens (including phenoxy) is 1. The van der Waals surface area contributed by atoms with E-state index in [-0.39, 0.29) is 5.54 Å². The molecule has 1 fully saturated rings. The lowest BCUT2D eigenvalue weighted by molar-refractivity contribution is 0.0842. The quantitative estimate of drug-likeness (QED) is 0.841. The van der Waals surface area contributed by atoms with Crippen LogP contribution in [0.25, 0.3) is 0 Å². The van der Waals surface area contributed by atoms with Crippen LogP contribution in [0.15, 0.2) is 24.3 Å². The van der Waals surface area contributed by atoms with E-state index < -0.39 is 0 Å². The number of piperazine rings is 1. The van der Waals surface area contributed by atoms with Crippen LogP contribution < -0.4 is 10.1 Å². The second-order valence-electron chi connectivity index (χ2n) is 5.63. The van der Waals surface area contributed by atoms with E-state index in [0.29, 0.717) is 0 Å². The molecular formula is C15H23ClN2O. The van der Waals surface area contributed by atoms with Crippen molar-refractivity contribution >= 4 is 11.6 Å². The fraction of sp³-hybridized carbons (Fsp3) is 0.600. The monoisotopic (exact) mass is 282 g/mol.